The Bertz CT molecular complexity index is 1400. The standard InChI is InChI=1S/C23H20N4O4S3/c1-26-20(31)23-17(29)22(14-10-24-15-8-4-2-6-12(14)15)13-7-3-5-9-16(13)25-18(22)27(23)19(30)21(26,11-28)32-34-33-23/h2-10,17-18,24-25,28-29H,11H2,1H3/t17-,18+,21+,22+,23?/m0/s1. The summed E-state index contributed by atoms with van der Waals surface area (Å²) < 4.78 is 0. The number of carbonyl (C=O) groups is 2. The van der Waals surface area contributed by atoms with Crippen molar-refractivity contribution < 1.29 is 19.8 Å². The second kappa shape index (κ2) is 6.67. The predicted octanol–water partition coefficient (Wildman–Crippen LogP) is 2.31. The maximum atomic E-state index is 14.2. The van der Waals surface area contributed by atoms with Gasteiger partial charge < -0.3 is 25.4 Å². The summed E-state index contributed by atoms with van der Waals surface area (Å²) in [6.45, 7) is -0.519. The van der Waals surface area contributed by atoms with Gasteiger partial charge in [-0.25, -0.2) is 0 Å². The van der Waals surface area contributed by atoms with Gasteiger partial charge in [-0.1, -0.05) is 36.4 Å². The highest BCUT2D eigenvalue weighted by Gasteiger charge is 2.81. The van der Waals surface area contributed by atoms with Gasteiger partial charge in [0.25, 0.3) is 11.8 Å². The Morgan fingerprint density at radius 1 is 1.03 bits per heavy atom. The van der Waals surface area contributed by atoms with Crippen LogP contribution in [-0.2, 0) is 15.0 Å². The van der Waals surface area contributed by atoms with Gasteiger partial charge in [-0.2, -0.15) is 0 Å². The summed E-state index contributed by atoms with van der Waals surface area (Å²) in [4.78, 5) is 31.3. The fraction of sp³-hybridized carbons (Fsp3) is 0.304. The molecular formula is C23H20N4O4S3. The van der Waals surface area contributed by atoms with Crippen LogP contribution >= 0.6 is 31.4 Å². The van der Waals surface area contributed by atoms with E-state index in [1.807, 2.05) is 54.7 Å². The number of para-hydroxylation sites is 2. The minimum Gasteiger partial charge on any atom is -0.392 e. The number of amides is 2. The number of H-pyrrole nitrogens is 1. The fourth-order valence-corrected chi connectivity index (χ4v) is 12.1. The highest BCUT2D eigenvalue weighted by atomic mass is 33.5. The van der Waals surface area contributed by atoms with E-state index in [9.17, 15) is 19.8 Å². The summed E-state index contributed by atoms with van der Waals surface area (Å²) in [7, 11) is 5.17. The maximum Gasteiger partial charge on any atom is 0.265 e. The quantitative estimate of drug-likeness (QED) is 0.388. The molecule has 0 radical (unpaired) electrons. The molecule has 0 saturated carbocycles. The molecule has 34 heavy (non-hydrogen) atoms. The SMILES string of the molecule is CN1C(=O)C23SSS[C@]1(CO)C(=O)N2[C@H]1Nc2ccccc2[C@@]1(c1c[nH]c2ccccc12)[C@@H]3O. The average molecular weight is 513 g/mol. The number of nitrogens with zero attached hydrogens (tertiary/aromatic N) is 2. The van der Waals surface area contributed by atoms with Crippen LogP contribution in [0, 0.1) is 0 Å². The summed E-state index contributed by atoms with van der Waals surface area (Å²) >= 11 is 0. The van der Waals surface area contributed by atoms with Crippen LogP contribution in [0.3, 0.4) is 0 Å². The number of hydrogen-bond acceptors (Lipinski definition) is 8. The number of carbonyl (C=O) groups excluding carboxylic acids is 2. The van der Waals surface area contributed by atoms with Crippen LogP contribution < -0.4 is 5.32 Å². The number of aromatic nitrogens is 1. The van der Waals surface area contributed by atoms with Crippen LogP contribution in [-0.4, -0.2) is 72.5 Å². The summed E-state index contributed by atoms with van der Waals surface area (Å²) in [5.74, 6) is -0.769. The first-order valence-corrected chi connectivity index (χ1v) is 14.3. The number of rotatable bonds is 2. The number of nitrogens with one attached hydrogen (secondary N) is 2. The Kier molecular flexibility index (Phi) is 4.12. The predicted molar refractivity (Wildman–Crippen MR) is 134 cm³/mol. The van der Waals surface area contributed by atoms with Gasteiger partial charge in [-0.3, -0.25) is 14.5 Å². The van der Waals surface area contributed by atoms with Crippen molar-refractivity contribution in [1.29, 1.82) is 0 Å². The van der Waals surface area contributed by atoms with Crippen LogP contribution in [0.25, 0.3) is 10.9 Å². The first kappa shape index (κ1) is 21.0. The van der Waals surface area contributed by atoms with Crippen LogP contribution in [0.5, 0.6) is 0 Å². The van der Waals surface area contributed by atoms with Crippen molar-refractivity contribution in [2.24, 2.45) is 0 Å². The zero-order valence-corrected chi connectivity index (χ0v) is 20.3. The molecule has 8 nitrogen and oxygen atoms in total. The average Bonchev–Trinajstić information content (AvgIpc) is 3.43. The number of piperazine rings is 1. The smallest absolute Gasteiger partial charge is 0.265 e. The molecule has 4 N–H and O–H groups in total. The Labute approximate surface area is 206 Å². The molecule has 1 unspecified atom stereocenters. The molecule has 4 fully saturated rings. The van der Waals surface area contributed by atoms with Crippen molar-refractivity contribution in [1.82, 2.24) is 14.8 Å². The van der Waals surface area contributed by atoms with E-state index in [1.54, 1.807) is 0 Å². The Hall–Kier alpha value is -2.31. The Balaban J connectivity index is 1.58. The van der Waals surface area contributed by atoms with E-state index in [1.165, 1.54) is 37.5 Å². The lowest BCUT2D eigenvalue weighted by molar-refractivity contribution is -0.168. The molecule has 1 aromatic heterocycles. The number of aliphatic hydroxyl groups excluding tert-OH is 2. The maximum absolute atomic E-state index is 14.2. The van der Waals surface area contributed by atoms with Crippen molar-refractivity contribution in [2.45, 2.75) is 27.4 Å². The third kappa shape index (κ3) is 2.03. The molecule has 0 aliphatic carbocycles. The van der Waals surface area contributed by atoms with Gasteiger partial charge >= 0.3 is 0 Å². The van der Waals surface area contributed by atoms with Crippen molar-refractivity contribution in [3.63, 3.8) is 0 Å². The van der Waals surface area contributed by atoms with Crippen molar-refractivity contribution >= 4 is 59.8 Å². The van der Waals surface area contributed by atoms with E-state index in [-0.39, 0.29) is 11.8 Å². The topological polar surface area (TPSA) is 109 Å². The highest BCUT2D eigenvalue weighted by molar-refractivity contribution is 9.10. The minimum absolute atomic E-state index is 0.384. The van der Waals surface area contributed by atoms with Gasteiger partial charge in [0.2, 0.25) is 9.74 Å². The number of benzene rings is 2. The number of aromatic amines is 1. The molecule has 1 spiro atoms. The second-order valence-electron chi connectivity index (χ2n) is 9.02. The first-order valence-electron chi connectivity index (χ1n) is 10.8. The molecule has 4 saturated heterocycles. The van der Waals surface area contributed by atoms with Crippen LogP contribution in [0.1, 0.15) is 11.1 Å². The second-order valence-corrected chi connectivity index (χ2v) is 13.4. The molecule has 2 amide bonds. The van der Waals surface area contributed by atoms with Crippen LogP contribution in [0.4, 0.5) is 5.69 Å². The fourth-order valence-electron chi connectivity index (χ4n) is 6.19. The van der Waals surface area contributed by atoms with E-state index in [2.05, 4.69) is 10.3 Å². The molecule has 174 valence electrons. The van der Waals surface area contributed by atoms with Gasteiger partial charge in [-0.05, 0) is 54.7 Å². The summed E-state index contributed by atoms with van der Waals surface area (Å²) in [6, 6.07) is 15.5. The van der Waals surface area contributed by atoms with Crippen LogP contribution in [0.15, 0.2) is 54.7 Å². The summed E-state index contributed by atoms with van der Waals surface area (Å²) in [5, 5.41) is 27.2. The number of fused-ring (bicyclic) bond motifs is 7. The molecule has 2 aromatic carbocycles. The zero-order valence-electron chi connectivity index (χ0n) is 17.9. The lowest BCUT2D eigenvalue weighted by atomic mass is 9.70. The summed E-state index contributed by atoms with van der Waals surface area (Å²) in [6.07, 6.45) is -0.0956. The molecule has 6 heterocycles. The molecule has 3 aromatic rings. The first-order chi connectivity index (χ1) is 16.4. The zero-order chi connectivity index (χ0) is 23.5. The lowest BCUT2D eigenvalue weighted by Gasteiger charge is -2.50. The third-order valence-electron chi connectivity index (χ3n) is 7.80. The molecule has 5 atom stereocenters. The van der Waals surface area contributed by atoms with Gasteiger partial charge in [-0.15, -0.1) is 0 Å². The lowest BCUT2D eigenvalue weighted by Crippen LogP contribution is -2.75. The van der Waals surface area contributed by atoms with E-state index in [0.717, 1.165) is 38.5 Å². The molecule has 8 rings (SSSR count). The van der Waals surface area contributed by atoms with Gasteiger partial charge in [0.15, 0.2) is 0 Å². The van der Waals surface area contributed by atoms with E-state index in [4.69, 9.17) is 0 Å². The van der Waals surface area contributed by atoms with Crippen molar-refractivity contribution in [3.8, 4) is 0 Å². The van der Waals surface area contributed by atoms with Crippen LogP contribution in [0.2, 0.25) is 0 Å². The van der Waals surface area contributed by atoms with E-state index < -0.39 is 34.0 Å². The Morgan fingerprint density at radius 2 is 1.79 bits per heavy atom. The number of aliphatic hydroxyl groups is 2. The van der Waals surface area contributed by atoms with Crippen molar-refractivity contribution in [3.05, 3.63) is 65.9 Å². The summed E-state index contributed by atoms with van der Waals surface area (Å²) in [5.41, 5.74) is 2.27. The monoisotopic (exact) mass is 512 g/mol. The minimum atomic E-state index is -1.55. The van der Waals surface area contributed by atoms with E-state index >= 15 is 0 Å². The molecule has 2 bridgehead atoms. The molecular weight excluding hydrogens is 492 g/mol. The van der Waals surface area contributed by atoms with Crippen molar-refractivity contribution in [2.75, 3.05) is 19.0 Å². The number of anilines is 1. The highest BCUT2D eigenvalue weighted by Crippen LogP contribution is 2.69. The normalized spacial score (nSPS) is 35.9. The number of hydrogen-bond donors (Lipinski definition) is 4. The molecule has 5 aliphatic heterocycles. The molecule has 5 aliphatic rings. The van der Waals surface area contributed by atoms with Gasteiger partial charge in [0.05, 0.1) is 12.0 Å². The third-order valence-corrected chi connectivity index (χ3v) is 12.9. The largest absolute Gasteiger partial charge is 0.392 e. The van der Waals surface area contributed by atoms with Gasteiger partial charge in [0.1, 0.15) is 12.3 Å². The van der Waals surface area contributed by atoms with E-state index in [0.29, 0.717) is 0 Å². The van der Waals surface area contributed by atoms with Gasteiger partial charge in [0, 0.05) is 29.8 Å². The Morgan fingerprint density at radius 3 is 2.62 bits per heavy atom. The number of likely N-dealkylation sites (N-methyl/N-ethyl adjacent to an activating group) is 1. The molecule has 11 heteroatoms.